The van der Waals surface area contributed by atoms with Crippen molar-refractivity contribution in [2.75, 3.05) is 11.9 Å². The first kappa shape index (κ1) is 18.3. The predicted molar refractivity (Wildman–Crippen MR) is 105 cm³/mol. The van der Waals surface area contributed by atoms with Crippen LogP contribution in [0.5, 0.6) is 0 Å². The van der Waals surface area contributed by atoms with E-state index in [1.807, 2.05) is 0 Å². The van der Waals surface area contributed by atoms with E-state index in [0.717, 1.165) is 6.54 Å². The second-order valence-electron chi connectivity index (χ2n) is 7.29. The van der Waals surface area contributed by atoms with Crippen LogP contribution in [0.25, 0.3) is 17.2 Å². The molecule has 1 saturated carbocycles. The molecule has 0 amide bonds. The molecular weight excluding hydrogens is 359 g/mol. The lowest BCUT2D eigenvalue weighted by molar-refractivity contribution is 0.373. The number of hydrogen-bond acceptors (Lipinski definition) is 5. The number of rotatable bonds is 5. The summed E-state index contributed by atoms with van der Waals surface area (Å²) in [6.45, 7) is 2.51. The molecule has 0 radical (unpaired) electrons. The highest BCUT2D eigenvalue weighted by molar-refractivity contribution is 5.59. The highest BCUT2D eigenvalue weighted by Crippen LogP contribution is 2.26. The van der Waals surface area contributed by atoms with Crippen molar-refractivity contribution in [3.63, 3.8) is 0 Å². The molecule has 0 aliphatic heterocycles. The molecule has 0 saturated heterocycles. The van der Waals surface area contributed by atoms with Crippen LogP contribution in [0.3, 0.4) is 0 Å². The van der Waals surface area contributed by atoms with Crippen LogP contribution in [0, 0.1) is 18.7 Å². The van der Waals surface area contributed by atoms with Crippen molar-refractivity contribution in [1.82, 2.24) is 24.7 Å². The van der Waals surface area contributed by atoms with Gasteiger partial charge in [0.05, 0.1) is 6.33 Å². The Morgan fingerprint density at radius 1 is 1.25 bits per heavy atom. The van der Waals surface area contributed by atoms with Crippen molar-refractivity contribution in [1.29, 1.82) is 0 Å². The highest BCUT2D eigenvalue weighted by atomic mass is 19.1. The van der Waals surface area contributed by atoms with Gasteiger partial charge in [-0.2, -0.15) is 9.67 Å². The number of halogens is 1. The normalized spacial score (nSPS) is 14.9. The van der Waals surface area contributed by atoms with Crippen LogP contribution < -0.4 is 10.9 Å². The maximum atomic E-state index is 14.1. The van der Waals surface area contributed by atoms with E-state index in [1.165, 1.54) is 55.2 Å². The second kappa shape index (κ2) is 7.92. The van der Waals surface area contributed by atoms with Gasteiger partial charge in [0.2, 0.25) is 5.95 Å². The zero-order valence-corrected chi connectivity index (χ0v) is 15.8. The average Bonchev–Trinajstić information content (AvgIpc) is 3.14. The fraction of sp³-hybridized carbons (Fsp3) is 0.400. The molecule has 1 fully saturated rings. The number of aryl methyl sites for hydroxylation is 1. The second-order valence-corrected chi connectivity index (χ2v) is 7.29. The number of aromatic nitrogens is 5. The minimum Gasteiger partial charge on any atom is -0.353 e. The van der Waals surface area contributed by atoms with E-state index >= 15 is 0 Å². The molecule has 2 N–H and O–H groups in total. The van der Waals surface area contributed by atoms with Gasteiger partial charge in [-0.15, -0.1) is 5.10 Å². The summed E-state index contributed by atoms with van der Waals surface area (Å²) in [6, 6.07) is 6.25. The van der Waals surface area contributed by atoms with Crippen LogP contribution in [0.2, 0.25) is 0 Å². The molecule has 2 aromatic heterocycles. The van der Waals surface area contributed by atoms with Gasteiger partial charge in [0.1, 0.15) is 5.82 Å². The quantitative estimate of drug-likeness (QED) is 0.705. The van der Waals surface area contributed by atoms with E-state index in [4.69, 9.17) is 0 Å². The summed E-state index contributed by atoms with van der Waals surface area (Å²) in [4.78, 5) is 23.0. The van der Waals surface area contributed by atoms with Gasteiger partial charge in [0.25, 0.3) is 5.56 Å². The number of nitrogens with one attached hydrogen (secondary N) is 2. The Morgan fingerprint density at radius 2 is 2.07 bits per heavy atom. The largest absolute Gasteiger partial charge is 0.353 e. The highest BCUT2D eigenvalue weighted by Gasteiger charge is 2.18. The number of H-pyrrole nitrogens is 1. The number of hydrogen-bond donors (Lipinski definition) is 2. The lowest BCUT2D eigenvalue weighted by atomic mass is 9.89. The van der Waals surface area contributed by atoms with E-state index in [9.17, 15) is 9.18 Å². The summed E-state index contributed by atoms with van der Waals surface area (Å²) in [5, 5.41) is 7.80. The molecule has 0 bridgehead atoms. The van der Waals surface area contributed by atoms with Crippen LogP contribution in [0.1, 0.15) is 37.7 Å². The van der Waals surface area contributed by atoms with Crippen molar-refractivity contribution in [3.05, 3.63) is 52.3 Å². The van der Waals surface area contributed by atoms with Crippen LogP contribution in [0.15, 0.2) is 35.4 Å². The summed E-state index contributed by atoms with van der Waals surface area (Å²) in [7, 11) is 0. The Labute approximate surface area is 162 Å². The van der Waals surface area contributed by atoms with E-state index in [-0.39, 0.29) is 11.4 Å². The first-order valence-corrected chi connectivity index (χ1v) is 9.63. The number of nitrogens with zero attached hydrogens (tertiary/aromatic N) is 4. The minimum atomic E-state index is -0.317. The van der Waals surface area contributed by atoms with E-state index in [1.54, 1.807) is 19.1 Å². The van der Waals surface area contributed by atoms with Crippen LogP contribution >= 0.6 is 0 Å². The molecular formula is C20H23FN6O. The number of benzene rings is 1. The number of aromatic amines is 1. The lowest BCUT2D eigenvalue weighted by Gasteiger charge is -2.21. The third kappa shape index (κ3) is 3.95. The molecule has 146 valence electrons. The summed E-state index contributed by atoms with van der Waals surface area (Å²) >= 11 is 0. The molecule has 0 unspecified atom stereocenters. The molecule has 7 nitrogen and oxygen atoms in total. The lowest BCUT2D eigenvalue weighted by Crippen LogP contribution is -2.17. The van der Waals surface area contributed by atoms with Gasteiger partial charge in [0, 0.05) is 18.2 Å². The van der Waals surface area contributed by atoms with E-state index in [2.05, 4.69) is 25.4 Å². The topological polar surface area (TPSA) is 88.5 Å². The molecule has 2 heterocycles. The summed E-state index contributed by atoms with van der Waals surface area (Å²) in [6.07, 6.45) is 7.56. The Bertz CT molecular complexity index is 1020. The van der Waals surface area contributed by atoms with Crippen LogP contribution in [-0.2, 0) is 0 Å². The van der Waals surface area contributed by atoms with Gasteiger partial charge < -0.3 is 10.3 Å². The molecule has 1 aromatic carbocycles. The van der Waals surface area contributed by atoms with Crippen molar-refractivity contribution in [2.45, 2.75) is 39.0 Å². The third-order valence-corrected chi connectivity index (χ3v) is 5.19. The van der Waals surface area contributed by atoms with Crippen molar-refractivity contribution in [3.8, 4) is 17.2 Å². The van der Waals surface area contributed by atoms with Gasteiger partial charge in [-0.05, 0) is 37.3 Å². The Morgan fingerprint density at radius 3 is 2.82 bits per heavy atom. The fourth-order valence-corrected chi connectivity index (χ4v) is 3.57. The number of anilines is 1. The molecule has 1 aliphatic rings. The van der Waals surface area contributed by atoms with Crippen LogP contribution in [-0.4, -0.2) is 31.3 Å². The van der Waals surface area contributed by atoms with Crippen molar-refractivity contribution >= 4 is 5.95 Å². The smallest absolute Gasteiger partial charge is 0.252 e. The Balaban J connectivity index is 1.68. The van der Waals surface area contributed by atoms with Crippen molar-refractivity contribution in [2.24, 2.45) is 5.92 Å². The average molecular weight is 382 g/mol. The van der Waals surface area contributed by atoms with Gasteiger partial charge in [0.15, 0.2) is 11.6 Å². The maximum absolute atomic E-state index is 14.1. The molecule has 0 spiro atoms. The standard InChI is InChI=1S/C20H23FN6O/c1-13-7-8-15(9-16(13)21)19-25-20(22-11-14-5-3-2-4-6-14)26-27(19)17-10-18(28)24-12-23-17/h7-10,12,14H,2-6,11H2,1H3,(H,22,26)(H,23,24,28). The predicted octanol–water partition coefficient (Wildman–Crippen LogP) is 3.46. The molecule has 28 heavy (non-hydrogen) atoms. The summed E-state index contributed by atoms with van der Waals surface area (Å²) < 4.78 is 15.6. The van der Waals surface area contributed by atoms with Crippen molar-refractivity contribution < 1.29 is 4.39 Å². The third-order valence-electron chi connectivity index (χ3n) is 5.19. The molecule has 3 aromatic rings. The van der Waals surface area contributed by atoms with Gasteiger partial charge in [-0.3, -0.25) is 4.79 Å². The van der Waals surface area contributed by atoms with Gasteiger partial charge >= 0.3 is 0 Å². The first-order chi connectivity index (χ1) is 13.6. The minimum absolute atomic E-state index is 0.293. The zero-order valence-electron chi connectivity index (χ0n) is 15.8. The van der Waals surface area contributed by atoms with Gasteiger partial charge in [-0.25, -0.2) is 9.37 Å². The zero-order chi connectivity index (χ0) is 19.5. The SMILES string of the molecule is Cc1ccc(-c2nc(NCC3CCCCC3)nn2-c2cc(=O)[nH]cn2)cc1F. The fourth-order valence-electron chi connectivity index (χ4n) is 3.57. The van der Waals surface area contributed by atoms with E-state index in [0.29, 0.717) is 34.6 Å². The summed E-state index contributed by atoms with van der Waals surface area (Å²) in [5.41, 5.74) is 0.835. The summed E-state index contributed by atoms with van der Waals surface area (Å²) in [5.74, 6) is 1.51. The molecule has 0 atom stereocenters. The Kier molecular flexibility index (Phi) is 5.18. The first-order valence-electron chi connectivity index (χ1n) is 9.63. The molecule has 4 rings (SSSR count). The molecule has 8 heteroatoms. The monoisotopic (exact) mass is 382 g/mol. The molecule has 1 aliphatic carbocycles. The van der Waals surface area contributed by atoms with Gasteiger partial charge in [-0.1, -0.05) is 31.4 Å². The Hall–Kier alpha value is -3.03. The van der Waals surface area contributed by atoms with Crippen LogP contribution in [0.4, 0.5) is 10.3 Å². The van der Waals surface area contributed by atoms with E-state index < -0.39 is 0 Å². The maximum Gasteiger partial charge on any atom is 0.252 e.